The zero-order valence-corrected chi connectivity index (χ0v) is 14.2. The Hall–Kier alpha value is -2.61. The van der Waals surface area contributed by atoms with Gasteiger partial charge in [-0.2, -0.15) is 0 Å². The standard InChI is InChI=1S/C16H17N5O2S/c1-10(15-18-8-7-13(17)19-15)24-16-21-20-14(23-16)9-11-5-3-4-6-12(11)22-2/h3-8,10H,9H2,1-2H3,(H2,17,18,19). The van der Waals surface area contributed by atoms with Crippen LogP contribution in [-0.4, -0.2) is 27.3 Å². The first-order valence-corrected chi connectivity index (χ1v) is 8.23. The lowest BCUT2D eigenvalue weighted by Crippen LogP contribution is -2.00. The van der Waals surface area contributed by atoms with Crippen molar-refractivity contribution in [3.63, 3.8) is 0 Å². The fraction of sp³-hybridized carbons (Fsp3) is 0.250. The molecule has 2 aromatic heterocycles. The van der Waals surface area contributed by atoms with Gasteiger partial charge in [-0.1, -0.05) is 30.0 Å². The number of hydrogen-bond acceptors (Lipinski definition) is 8. The van der Waals surface area contributed by atoms with E-state index < -0.39 is 0 Å². The van der Waals surface area contributed by atoms with E-state index >= 15 is 0 Å². The van der Waals surface area contributed by atoms with Crippen LogP contribution in [0.4, 0.5) is 5.82 Å². The summed E-state index contributed by atoms with van der Waals surface area (Å²) in [5.74, 6) is 2.40. The lowest BCUT2D eigenvalue weighted by Gasteiger charge is -2.07. The first kappa shape index (κ1) is 16.3. The van der Waals surface area contributed by atoms with Gasteiger partial charge in [-0.25, -0.2) is 9.97 Å². The number of ether oxygens (including phenoxy) is 1. The van der Waals surface area contributed by atoms with E-state index in [2.05, 4.69) is 20.2 Å². The highest BCUT2D eigenvalue weighted by Gasteiger charge is 2.16. The molecule has 0 saturated heterocycles. The lowest BCUT2D eigenvalue weighted by molar-refractivity contribution is 0.400. The second-order valence-electron chi connectivity index (χ2n) is 5.05. The number of methoxy groups -OCH3 is 1. The van der Waals surface area contributed by atoms with Gasteiger partial charge >= 0.3 is 0 Å². The molecule has 1 unspecified atom stereocenters. The fourth-order valence-electron chi connectivity index (χ4n) is 2.16. The first-order valence-electron chi connectivity index (χ1n) is 7.35. The maximum absolute atomic E-state index is 5.71. The van der Waals surface area contributed by atoms with Crippen LogP contribution < -0.4 is 10.5 Å². The van der Waals surface area contributed by atoms with Gasteiger partial charge in [-0.3, -0.25) is 0 Å². The lowest BCUT2D eigenvalue weighted by atomic mass is 10.1. The van der Waals surface area contributed by atoms with Crippen LogP contribution in [0, 0.1) is 0 Å². The molecule has 8 heteroatoms. The van der Waals surface area contributed by atoms with Crippen molar-refractivity contribution in [1.82, 2.24) is 20.2 Å². The average Bonchev–Trinajstić information content (AvgIpc) is 3.02. The second kappa shape index (κ2) is 7.31. The summed E-state index contributed by atoms with van der Waals surface area (Å²) < 4.78 is 11.0. The van der Waals surface area contributed by atoms with E-state index in [0.717, 1.165) is 11.3 Å². The minimum atomic E-state index is -0.0481. The van der Waals surface area contributed by atoms with E-state index in [1.165, 1.54) is 11.8 Å². The highest BCUT2D eigenvalue weighted by molar-refractivity contribution is 7.99. The third-order valence-corrected chi connectivity index (χ3v) is 4.25. The Labute approximate surface area is 143 Å². The Morgan fingerprint density at radius 3 is 2.88 bits per heavy atom. The molecular weight excluding hydrogens is 326 g/mol. The van der Waals surface area contributed by atoms with Gasteiger partial charge in [-0.15, -0.1) is 10.2 Å². The molecule has 0 radical (unpaired) electrons. The molecule has 0 fully saturated rings. The number of anilines is 1. The van der Waals surface area contributed by atoms with E-state index in [1.807, 2.05) is 31.2 Å². The summed E-state index contributed by atoms with van der Waals surface area (Å²) in [6.07, 6.45) is 2.15. The smallest absolute Gasteiger partial charge is 0.277 e. The summed E-state index contributed by atoms with van der Waals surface area (Å²) in [5.41, 5.74) is 6.68. The molecule has 2 heterocycles. The zero-order chi connectivity index (χ0) is 16.9. The van der Waals surface area contributed by atoms with Crippen molar-refractivity contribution in [1.29, 1.82) is 0 Å². The number of para-hydroxylation sites is 1. The summed E-state index contributed by atoms with van der Waals surface area (Å²) in [4.78, 5) is 8.42. The molecule has 0 aliphatic heterocycles. The van der Waals surface area contributed by atoms with Crippen molar-refractivity contribution in [3.8, 4) is 5.75 Å². The third-order valence-electron chi connectivity index (χ3n) is 3.32. The predicted molar refractivity (Wildman–Crippen MR) is 90.8 cm³/mol. The second-order valence-corrected chi connectivity index (χ2v) is 6.34. The largest absolute Gasteiger partial charge is 0.496 e. The molecule has 124 valence electrons. The quantitative estimate of drug-likeness (QED) is 0.682. The fourth-order valence-corrected chi connectivity index (χ4v) is 2.91. The van der Waals surface area contributed by atoms with E-state index in [9.17, 15) is 0 Å². The van der Waals surface area contributed by atoms with Crippen LogP contribution in [0.5, 0.6) is 5.75 Å². The molecule has 2 N–H and O–H groups in total. The molecule has 1 aromatic carbocycles. The van der Waals surface area contributed by atoms with Gasteiger partial charge in [0.25, 0.3) is 5.22 Å². The number of rotatable bonds is 6. The SMILES string of the molecule is COc1ccccc1Cc1nnc(SC(C)c2nccc(N)n2)o1. The molecule has 0 saturated carbocycles. The molecule has 0 aliphatic carbocycles. The highest BCUT2D eigenvalue weighted by Crippen LogP contribution is 2.32. The van der Waals surface area contributed by atoms with Gasteiger partial charge in [0, 0.05) is 11.8 Å². The van der Waals surface area contributed by atoms with Crippen molar-refractivity contribution < 1.29 is 9.15 Å². The average molecular weight is 343 g/mol. The molecule has 3 aromatic rings. The van der Waals surface area contributed by atoms with Crippen molar-refractivity contribution in [2.24, 2.45) is 0 Å². The van der Waals surface area contributed by atoms with Gasteiger partial charge < -0.3 is 14.9 Å². The monoisotopic (exact) mass is 343 g/mol. The minimum Gasteiger partial charge on any atom is -0.496 e. The van der Waals surface area contributed by atoms with Gasteiger partial charge in [-0.05, 0) is 19.1 Å². The van der Waals surface area contributed by atoms with Crippen LogP contribution in [0.3, 0.4) is 0 Å². The van der Waals surface area contributed by atoms with Crippen LogP contribution in [0.1, 0.15) is 29.5 Å². The van der Waals surface area contributed by atoms with Gasteiger partial charge in [0.05, 0.1) is 18.8 Å². The summed E-state index contributed by atoms with van der Waals surface area (Å²) in [7, 11) is 1.64. The molecule has 0 bridgehead atoms. The summed E-state index contributed by atoms with van der Waals surface area (Å²) in [6, 6.07) is 9.40. The molecule has 24 heavy (non-hydrogen) atoms. The Morgan fingerprint density at radius 1 is 1.25 bits per heavy atom. The van der Waals surface area contributed by atoms with Crippen LogP contribution in [-0.2, 0) is 6.42 Å². The molecule has 0 amide bonds. The van der Waals surface area contributed by atoms with Crippen molar-refractivity contribution in [3.05, 3.63) is 53.8 Å². The number of nitrogen functional groups attached to an aromatic ring is 1. The Morgan fingerprint density at radius 2 is 2.08 bits per heavy atom. The predicted octanol–water partition coefficient (Wildman–Crippen LogP) is 2.89. The van der Waals surface area contributed by atoms with E-state index in [-0.39, 0.29) is 5.25 Å². The zero-order valence-electron chi connectivity index (χ0n) is 13.3. The normalized spacial score (nSPS) is 12.1. The molecule has 3 rings (SSSR count). The van der Waals surface area contributed by atoms with Crippen LogP contribution >= 0.6 is 11.8 Å². The minimum absolute atomic E-state index is 0.0481. The van der Waals surface area contributed by atoms with Crippen molar-refractivity contribution in [2.75, 3.05) is 12.8 Å². The summed E-state index contributed by atoms with van der Waals surface area (Å²) in [6.45, 7) is 1.96. The Kier molecular flexibility index (Phi) is 4.95. The van der Waals surface area contributed by atoms with Gasteiger partial charge in [0.15, 0.2) is 0 Å². The van der Waals surface area contributed by atoms with Gasteiger partial charge in [0.2, 0.25) is 5.89 Å². The highest BCUT2D eigenvalue weighted by atomic mass is 32.2. The number of hydrogen-bond donors (Lipinski definition) is 1. The van der Waals surface area contributed by atoms with Gasteiger partial charge in [0.1, 0.15) is 17.4 Å². The Bertz CT molecular complexity index is 823. The van der Waals surface area contributed by atoms with E-state index in [0.29, 0.717) is 29.2 Å². The number of nitrogens with two attached hydrogens (primary N) is 1. The molecule has 7 nitrogen and oxygen atoms in total. The van der Waals surface area contributed by atoms with Crippen LogP contribution in [0.25, 0.3) is 0 Å². The first-order chi connectivity index (χ1) is 11.7. The Balaban J connectivity index is 1.69. The summed E-state index contributed by atoms with van der Waals surface area (Å²) >= 11 is 1.39. The number of benzene rings is 1. The molecule has 0 aliphatic rings. The maximum Gasteiger partial charge on any atom is 0.277 e. The van der Waals surface area contributed by atoms with E-state index in [4.69, 9.17) is 14.9 Å². The number of thioether (sulfide) groups is 1. The molecule has 0 spiro atoms. The summed E-state index contributed by atoms with van der Waals surface area (Å²) in [5, 5.41) is 8.59. The van der Waals surface area contributed by atoms with E-state index in [1.54, 1.807) is 19.4 Å². The molecular formula is C16H17N5O2S. The van der Waals surface area contributed by atoms with Crippen molar-refractivity contribution in [2.45, 2.75) is 23.8 Å². The number of nitrogens with zero attached hydrogens (tertiary/aromatic N) is 4. The topological polar surface area (TPSA) is 100.0 Å². The van der Waals surface area contributed by atoms with Crippen molar-refractivity contribution >= 4 is 17.6 Å². The molecule has 1 atom stereocenters. The van der Waals surface area contributed by atoms with Crippen LogP contribution in [0.2, 0.25) is 0 Å². The maximum atomic E-state index is 5.71. The number of aromatic nitrogens is 4. The van der Waals surface area contributed by atoms with Crippen LogP contribution in [0.15, 0.2) is 46.2 Å². The third kappa shape index (κ3) is 3.83.